The van der Waals surface area contributed by atoms with Crippen LogP contribution in [0.25, 0.3) is 0 Å². The number of halogens is 3. The molecule has 5 rings (SSSR count). The van der Waals surface area contributed by atoms with Crippen molar-refractivity contribution >= 4 is 45.6 Å². The van der Waals surface area contributed by atoms with Crippen molar-refractivity contribution in [2.24, 2.45) is 0 Å². The maximum absolute atomic E-state index is 13.7. The summed E-state index contributed by atoms with van der Waals surface area (Å²) in [6.45, 7) is 1.38. The number of pyridine rings is 1. The standard InChI is InChI=1S/C24H28ClFN4O5S.ClH/c25-22-20(26)2-1-17-13-19(15-35-23(17)22)36(33,34)30-12-11-29(21(31)14-30)16-24(32)5-9-28(10-6-24)18-3-7-27-8-4-18;/h1-4,7-8,19,32H,5-6,9-16H2;1H. The second kappa shape index (κ2) is 10.9. The fourth-order valence-electron chi connectivity index (χ4n) is 5.09. The van der Waals surface area contributed by atoms with Crippen molar-refractivity contribution in [1.82, 2.24) is 14.2 Å². The minimum atomic E-state index is -3.84. The Morgan fingerprint density at radius 3 is 2.51 bits per heavy atom. The van der Waals surface area contributed by atoms with E-state index in [0.29, 0.717) is 31.5 Å². The molecule has 4 heterocycles. The van der Waals surface area contributed by atoms with E-state index < -0.39 is 26.7 Å². The van der Waals surface area contributed by atoms with Gasteiger partial charge in [0, 0.05) is 50.8 Å². The van der Waals surface area contributed by atoms with Gasteiger partial charge in [-0.2, -0.15) is 4.31 Å². The second-order valence-corrected chi connectivity index (χ2v) is 12.2. The van der Waals surface area contributed by atoms with Gasteiger partial charge in [-0.1, -0.05) is 17.7 Å². The van der Waals surface area contributed by atoms with Crippen LogP contribution in [0, 0.1) is 5.82 Å². The minimum Gasteiger partial charge on any atom is -0.490 e. The first-order valence-corrected chi connectivity index (χ1v) is 13.8. The molecule has 2 aromatic rings. The topological polar surface area (TPSA) is 103 Å². The first-order valence-electron chi connectivity index (χ1n) is 11.9. The zero-order valence-corrected chi connectivity index (χ0v) is 22.4. The molecular weight excluding hydrogens is 546 g/mol. The fourth-order valence-corrected chi connectivity index (χ4v) is 7.01. The third-order valence-electron chi connectivity index (χ3n) is 7.26. The molecule has 0 saturated carbocycles. The molecule has 1 amide bonds. The summed E-state index contributed by atoms with van der Waals surface area (Å²) < 4.78 is 47.0. The van der Waals surface area contributed by atoms with Crippen molar-refractivity contribution in [2.75, 3.05) is 50.8 Å². The minimum absolute atomic E-state index is 0. The van der Waals surface area contributed by atoms with Gasteiger partial charge in [-0.15, -0.1) is 12.4 Å². The Bertz CT molecular complexity index is 1250. The Kier molecular flexibility index (Phi) is 8.20. The molecule has 0 aliphatic carbocycles. The summed E-state index contributed by atoms with van der Waals surface area (Å²) in [4.78, 5) is 20.7. The summed E-state index contributed by atoms with van der Waals surface area (Å²) in [5.41, 5.74) is 0.547. The fraction of sp³-hybridized carbons (Fsp3) is 0.500. The van der Waals surface area contributed by atoms with E-state index in [0.717, 1.165) is 5.69 Å². The molecule has 0 radical (unpaired) electrons. The van der Waals surface area contributed by atoms with Crippen LogP contribution in [-0.2, 0) is 21.2 Å². The molecule has 9 nitrogen and oxygen atoms in total. The number of nitrogens with zero attached hydrogens (tertiary/aromatic N) is 4. The van der Waals surface area contributed by atoms with E-state index in [1.807, 2.05) is 12.1 Å². The largest absolute Gasteiger partial charge is 0.490 e. The van der Waals surface area contributed by atoms with Gasteiger partial charge >= 0.3 is 0 Å². The van der Waals surface area contributed by atoms with Crippen molar-refractivity contribution in [1.29, 1.82) is 0 Å². The zero-order valence-electron chi connectivity index (χ0n) is 20.1. The zero-order chi connectivity index (χ0) is 25.5. The number of ether oxygens (including phenoxy) is 1. The molecule has 13 heteroatoms. The lowest BCUT2D eigenvalue weighted by Gasteiger charge is -2.43. The summed E-state index contributed by atoms with van der Waals surface area (Å²) in [6, 6.07) is 6.52. The molecular formula is C24H29Cl2FN4O5S. The summed E-state index contributed by atoms with van der Waals surface area (Å²) in [6.07, 6.45) is 4.59. The van der Waals surface area contributed by atoms with E-state index >= 15 is 0 Å². The van der Waals surface area contributed by atoms with Crippen molar-refractivity contribution in [3.05, 3.63) is 53.1 Å². The van der Waals surface area contributed by atoms with Gasteiger partial charge in [-0.3, -0.25) is 9.78 Å². The molecule has 3 aliphatic rings. The van der Waals surface area contributed by atoms with Gasteiger partial charge in [0.25, 0.3) is 0 Å². The van der Waals surface area contributed by atoms with E-state index in [2.05, 4.69) is 9.88 Å². The number of hydrogen-bond acceptors (Lipinski definition) is 7. The first kappa shape index (κ1) is 27.8. The van der Waals surface area contributed by atoms with Gasteiger partial charge < -0.3 is 19.6 Å². The average molecular weight is 575 g/mol. The molecule has 0 bridgehead atoms. The van der Waals surface area contributed by atoms with Crippen molar-refractivity contribution in [3.63, 3.8) is 0 Å². The Morgan fingerprint density at radius 2 is 1.84 bits per heavy atom. The Hall–Kier alpha value is -2.18. The number of aliphatic hydroxyl groups is 1. The van der Waals surface area contributed by atoms with Crippen LogP contribution < -0.4 is 9.64 Å². The van der Waals surface area contributed by atoms with E-state index in [9.17, 15) is 22.7 Å². The SMILES string of the molecule is Cl.O=C1CN(S(=O)(=O)C2COc3c(ccc(F)c3Cl)C2)CCN1CC1(O)CCN(c2ccncc2)CC1. The highest BCUT2D eigenvalue weighted by atomic mass is 35.5. The van der Waals surface area contributed by atoms with Crippen molar-refractivity contribution in [2.45, 2.75) is 30.1 Å². The number of carbonyl (C=O) groups is 1. The molecule has 37 heavy (non-hydrogen) atoms. The van der Waals surface area contributed by atoms with Crippen LogP contribution in [0.3, 0.4) is 0 Å². The van der Waals surface area contributed by atoms with E-state index in [1.165, 1.54) is 16.4 Å². The average Bonchev–Trinajstić information content (AvgIpc) is 2.88. The van der Waals surface area contributed by atoms with Crippen LogP contribution in [0.2, 0.25) is 5.02 Å². The van der Waals surface area contributed by atoms with Crippen LogP contribution in [0.15, 0.2) is 36.7 Å². The summed E-state index contributed by atoms with van der Waals surface area (Å²) in [5, 5.41) is 10.1. The predicted octanol–water partition coefficient (Wildman–Crippen LogP) is 2.10. The van der Waals surface area contributed by atoms with Gasteiger partial charge in [-0.05, 0) is 43.0 Å². The summed E-state index contributed by atoms with van der Waals surface area (Å²) >= 11 is 5.95. The summed E-state index contributed by atoms with van der Waals surface area (Å²) in [7, 11) is -3.84. The number of fused-ring (bicyclic) bond motifs is 1. The molecule has 1 atom stereocenters. The Balaban J connectivity index is 0.00000320. The number of carbonyl (C=O) groups excluding carboxylic acids is 1. The maximum atomic E-state index is 13.7. The lowest BCUT2D eigenvalue weighted by Crippen LogP contribution is -2.59. The monoisotopic (exact) mass is 574 g/mol. The van der Waals surface area contributed by atoms with E-state index in [4.69, 9.17) is 16.3 Å². The first-order chi connectivity index (χ1) is 17.2. The molecule has 202 valence electrons. The number of rotatable bonds is 5. The molecule has 1 aromatic carbocycles. The Morgan fingerprint density at radius 1 is 1.14 bits per heavy atom. The number of anilines is 1. The van der Waals surface area contributed by atoms with Gasteiger partial charge in [0.15, 0.2) is 0 Å². The maximum Gasteiger partial charge on any atom is 0.238 e. The number of aromatic nitrogens is 1. The lowest BCUT2D eigenvalue weighted by atomic mass is 9.90. The van der Waals surface area contributed by atoms with Crippen LogP contribution in [-0.4, -0.2) is 90.3 Å². The number of hydrogen-bond donors (Lipinski definition) is 1. The van der Waals surface area contributed by atoms with Crippen LogP contribution >= 0.6 is 24.0 Å². The molecule has 1 aromatic heterocycles. The van der Waals surface area contributed by atoms with E-state index in [-0.39, 0.29) is 68.3 Å². The molecule has 0 spiro atoms. The lowest BCUT2D eigenvalue weighted by molar-refractivity contribution is -0.138. The number of piperazine rings is 1. The molecule has 1 N–H and O–H groups in total. The number of β-amino-alcohol motifs (C(OH)–C–C–N with tert-alkyl or cyclic N) is 1. The van der Waals surface area contributed by atoms with Crippen LogP contribution in [0.5, 0.6) is 5.75 Å². The highest BCUT2D eigenvalue weighted by molar-refractivity contribution is 7.89. The van der Waals surface area contributed by atoms with Crippen molar-refractivity contribution in [3.8, 4) is 5.75 Å². The van der Waals surface area contributed by atoms with Gasteiger partial charge in [0.1, 0.15) is 28.4 Å². The van der Waals surface area contributed by atoms with Gasteiger partial charge in [0.05, 0.1) is 12.1 Å². The molecule has 3 aliphatic heterocycles. The third kappa shape index (κ3) is 5.65. The normalized spacial score (nSPS) is 22.1. The smallest absolute Gasteiger partial charge is 0.238 e. The highest BCUT2D eigenvalue weighted by Crippen LogP contribution is 2.36. The van der Waals surface area contributed by atoms with Gasteiger partial charge in [-0.25, -0.2) is 12.8 Å². The van der Waals surface area contributed by atoms with Crippen LogP contribution in [0.1, 0.15) is 18.4 Å². The quantitative estimate of drug-likeness (QED) is 0.583. The van der Waals surface area contributed by atoms with Crippen molar-refractivity contribution < 1.29 is 27.4 Å². The molecule has 2 fully saturated rings. The predicted molar refractivity (Wildman–Crippen MR) is 139 cm³/mol. The highest BCUT2D eigenvalue weighted by Gasteiger charge is 2.42. The number of benzene rings is 1. The van der Waals surface area contributed by atoms with Crippen LogP contribution in [0.4, 0.5) is 10.1 Å². The third-order valence-corrected chi connectivity index (χ3v) is 9.79. The molecule has 2 saturated heterocycles. The number of piperidine rings is 1. The summed E-state index contributed by atoms with van der Waals surface area (Å²) in [5.74, 6) is -0.785. The second-order valence-electron chi connectivity index (χ2n) is 9.60. The van der Waals surface area contributed by atoms with Gasteiger partial charge in [0.2, 0.25) is 15.9 Å². The number of sulfonamides is 1. The number of amides is 1. The molecule has 1 unspecified atom stereocenters. The Labute approximate surface area is 226 Å². The van der Waals surface area contributed by atoms with E-state index in [1.54, 1.807) is 17.3 Å².